The molecule has 0 atom stereocenters. The second-order valence-electron chi connectivity index (χ2n) is 3.28. The Hall–Kier alpha value is -1.96. The van der Waals surface area contributed by atoms with Gasteiger partial charge in [-0.05, 0) is 12.1 Å². The van der Waals surface area contributed by atoms with Crippen molar-refractivity contribution < 1.29 is 0 Å². The van der Waals surface area contributed by atoms with Crippen molar-refractivity contribution in [3.05, 3.63) is 47.2 Å². The lowest BCUT2D eigenvalue weighted by atomic mass is 10.1. The predicted octanol–water partition coefficient (Wildman–Crippen LogP) is 1.42. The van der Waals surface area contributed by atoms with Gasteiger partial charge in [0.2, 0.25) is 0 Å². The summed E-state index contributed by atoms with van der Waals surface area (Å²) in [6, 6.07) is 10.1. The van der Waals surface area contributed by atoms with Crippen LogP contribution in [0.5, 0.6) is 0 Å². The van der Waals surface area contributed by atoms with Gasteiger partial charge in [-0.1, -0.05) is 24.8 Å². The van der Waals surface area contributed by atoms with Gasteiger partial charge >= 0.3 is 0 Å². The standard InChI is InChI=1S/C12H8N2/c1-8-12-10(6-7-13-8)9-4-2-3-5-11(9)14-12/h2-7H,1H2. The van der Waals surface area contributed by atoms with Crippen LogP contribution in [0.4, 0.5) is 5.69 Å². The van der Waals surface area contributed by atoms with Crippen molar-refractivity contribution in [2.24, 2.45) is 4.99 Å². The smallest absolute Gasteiger partial charge is 0.0967 e. The van der Waals surface area contributed by atoms with Crippen molar-refractivity contribution in [2.45, 2.75) is 0 Å². The average Bonchev–Trinajstić information content (AvgIpc) is 2.59. The van der Waals surface area contributed by atoms with E-state index in [0.717, 1.165) is 22.0 Å². The van der Waals surface area contributed by atoms with Crippen molar-refractivity contribution >= 4 is 12.3 Å². The third-order valence-corrected chi connectivity index (χ3v) is 2.43. The molecule has 3 rings (SSSR count). The van der Waals surface area contributed by atoms with E-state index in [1.165, 1.54) is 5.56 Å². The largest absolute Gasteiger partial charge is 0.255 e. The highest BCUT2D eigenvalue weighted by Crippen LogP contribution is 2.30. The minimum Gasteiger partial charge on any atom is -0.255 e. The van der Waals surface area contributed by atoms with Gasteiger partial charge < -0.3 is 0 Å². The van der Waals surface area contributed by atoms with Crippen LogP contribution < -0.4 is 10.7 Å². The van der Waals surface area contributed by atoms with Crippen LogP contribution in [-0.2, 0) is 0 Å². The SMILES string of the molecule is C=c1nccc2c1=Nc1ccccc1-2. The van der Waals surface area contributed by atoms with E-state index in [4.69, 9.17) is 0 Å². The molecule has 0 amide bonds. The van der Waals surface area contributed by atoms with E-state index < -0.39 is 0 Å². The molecule has 0 unspecified atom stereocenters. The third kappa shape index (κ3) is 0.852. The number of aromatic nitrogens is 1. The fourth-order valence-corrected chi connectivity index (χ4v) is 1.76. The molecule has 0 fully saturated rings. The number of pyridine rings is 1. The Kier molecular flexibility index (Phi) is 1.34. The summed E-state index contributed by atoms with van der Waals surface area (Å²) in [7, 11) is 0. The molecule has 2 heteroatoms. The van der Waals surface area contributed by atoms with Crippen LogP contribution >= 0.6 is 0 Å². The summed E-state index contributed by atoms with van der Waals surface area (Å²) in [5, 5.41) is 1.66. The van der Waals surface area contributed by atoms with Crippen LogP contribution in [0, 0.1) is 0 Å². The molecule has 2 nitrogen and oxygen atoms in total. The summed E-state index contributed by atoms with van der Waals surface area (Å²) in [6.07, 6.45) is 1.78. The van der Waals surface area contributed by atoms with Gasteiger partial charge in [-0.25, -0.2) is 4.99 Å². The second kappa shape index (κ2) is 2.51. The molecule has 0 saturated heterocycles. The molecule has 14 heavy (non-hydrogen) atoms. The highest BCUT2D eigenvalue weighted by atomic mass is 14.8. The van der Waals surface area contributed by atoms with Gasteiger partial charge in [-0.3, -0.25) is 4.98 Å². The topological polar surface area (TPSA) is 25.2 Å². The fraction of sp³-hybridized carbons (Fsp3) is 0. The zero-order valence-electron chi connectivity index (χ0n) is 7.57. The lowest BCUT2D eigenvalue weighted by Crippen LogP contribution is -2.26. The molecule has 0 aliphatic carbocycles. The lowest BCUT2D eigenvalue weighted by molar-refractivity contribution is 1.19. The van der Waals surface area contributed by atoms with Crippen molar-refractivity contribution in [1.29, 1.82) is 0 Å². The van der Waals surface area contributed by atoms with Gasteiger partial charge in [-0.2, -0.15) is 0 Å². The van der Waals surface area contributed by atoms with Gasteiger partial charge in [0.1, 0.15) is 0 Å². The Balaban J connectivity index is 2.51. The zero-order chi connectivity index (χ0) is 9.54. The first-order chi connectivity index (χ1) is 6.86. The number of hydrogen-bond acceptors (Lipinski definition) is 2. The van der Waals surface area contributed by atoms with Crippen LogP contribution in [0.1, 0.15) is 0 Å². The van der Waals surface area contributed by atoms with Crippen molar-refractivity contribution in [2.75, 3.05) is 0 Å². The van der Waals surface area contributed by atoms with Crippen LogP contribution in [0.15, 0.2) is 41.5 Å². The number of rotatable bonds is 0. The quantitative estimate of drug-likeness (QED) is 0.513. The van der Waals surface area contributed by atoms with E-state index in [9.17, 15) is 0 Å². The first kappa shape index (κ1) is 7.44. The van der Waals surface area contributed by atoms with E-state index in [0.29, 0.717) is 0 Å². The maximum Gasteiger partial charge on any atom is 0.0967 e. The number of nitrogens with zero attached hydrogens (tertiary/aromatic N) is 2. The van der Waals surface area contributed by atoms with Crippen LogP contribution in [0.25, 0.3) is 17.7 Å². The lowest BCUT2D eigenvalue weighted by Gasteiger charge is -1.96. The summed E-state index contributed by atoms with van der Waals surface area (Å²) in [5.74, 6) is 0. The Bertz CT molecular complexity index is 614. The fourth-order valence-electron chi connectivity index (χ4n) is 1.76. The first-order valence-corrected chi connectivity index (χ1v) is 4.48. The first-order valence-electron chi connectivity index (χ1n) is 4.48. The monoisotopic (exact) mass is 180 g/mol. The number of hydrogen-bond donors (Lipinski definition) is 0. The molecule has 2 heterocycles. The third-order valence-electron chi connectivity index (χ3n) is 2.43. The van der Waals surface area contributed by atoms with Gasteiger partial charge in [0, 0.05) is 17.3 Å². The molecule has 0 radical (unpaired) electrons. The molecule has 1 aromatic heterocycles. The average molecular weight is 180 g/mol. The van der Waals surface area contributed by atoms with Gasteiger partial charge in [0.05, 0.1) is 16.4 Å². The summed E-state index contributed by atoms with van der Waals surface area (Å²) in [4.78, 5) is 8.62. The molecule has 1 aromatic carbocycles. The molecular weight excluding hydrogens is 172 g/mol. The second-order valence-corrected chi connectivity index (χ2v) is 3.28. The van der Waals surface area contributed by atoms with Crippen molar-refractivity contribution in [3.8, 4) is 11.1 Å². The molecule has 0 N–H and O–H groups in total. The number of benzene rings is 1. The molecule has 0 saturated carbocycles. The van der Waals surface area contributed by atoms with Crippen molar-refractivity contribution in [3.63, 3.8) is 0 Å². The molecular formula is C12H8N2. The molecule has 2 aromatic rings. The van der Waals surface area contributed by atoms with Crippen molar-refractivity contribution in [1.82, 2.24) is 4.98 Å². The normalized spacial score (nSPS) is 11.7. The minimum absolute atomic E-state index is 0.749. The number of fused-ring (bicyclic) bond motifs is 3. The summed E-state index contributed by atoms with van der Waals surface area (Å²) < 4.78 is 0. The van der Waals surface area contributed by atoms with Crippen LogP contribution in [-0.4, -0.2) is 4.98 Å². The van der Waals surface area contributed by atoms with Gasteiger partial charge in [0.25, 0.3) is 0 Å². The Morgan fingerprint density at radius 1 is 1.00 bits per heavy atom. The Morgan fingerprint density at radius 2 is 1.86 bits per heavy atom. The summed E-state index contributed by atoms with van der Waals surface area (Å²) in [6.45, 7) is 3.87. The summed E-state index contributed by atoms with van der Waals surface area (Å²) in [5.41, 5.74) is 3.33. The molecule has 0 bridgehead atoms. The van der Waals surface area contributed by atoms with E-state index >= 15 is 0 Å². The molecule has 66 valence electrons. The van der Waals surface area contributed by atoms with E-state index in [1.54, 1.807) is 6.20 Å². The van der Waals surface area contributed by atoms with Gasteiger partial charge in [0.15, 0.2) is 0 Å². The minimum atomic E-state index is 0.749. The maximum absolute atomic E-state index is 4.49. The summed E-state index contributed by atoms with van der Waals surface area (Å²) >= 11 is 0. The molecule has 1 aliphatic heterocycles. The Labute approximate surface area is 81.3 Å². The number of para-hydroxylation sites is 1. The molecule has 0 spiro atoms. The maximum atomic E-state index is 4.49. The van der Waals surface area contributed by atoms with Crippen LogP contribution in [0.3, 0.4) is 0 Å². The highest BCUT2D eigenvalue weighted by molar-refractivity contribution is 5.78. The van der Waals surface area contributed by atoms with Crippen LogP contribution in [0.2, 0.25) is 0 Å². The highest BCUT2D eigenvalue weighted by Gasteiger charge is 2.12. The van der Waals surface area contributed by atoms with E-state index in [2.05, 4.69) is 22.6 Å². The van der Waals surface area contributed by atoms with E-state index in [-0.39, 0.29) is 0 Å². The van der Waals surface area contributed by atoms with E-state index in [1.807, 2.05) is 24.3 Å². The Morgan fingerprint density at radius 3 is 2.79 bits per heavy atom. The predicted molar refractivity (Wildman–Crippen MR) is 55.6 cm³/mol. The molecule has 1 aliphatic rings. The zero-order valence-corrected chi connectivity index (χ0v) is 7.57. The van der Waals surface area contributed by atoms with Gasteiger partial charge in [-0.15, -0.1) is 0 Å².